The quantitative estimate of drug-likeness (QED) is 0.557. The van der Waals surface area contributed by atoms with Crippen LogP contribution >= 0.6 is 0 Å². The van der Waals surface area contributed by atoms with Gasteiger partial charge in [0.25, 0.3) is 0 Å². The molecule has 0 aromatic rings. The number of nitrogens with zero attached hydrogens (tertiary/aromatic N) is 1. The van der Waals surface area contributed by atoms with Crippen LogP contribution in [0, 0.1) is 0 Å². The van der Waals surface area contributed by atoms with Gasteiger partial charge in [0.2, 0.25) is 5.91 Å². The van der Waals surface area contributed by atoms with E-state index in [0.717, 1.165) is 12.8 Å². The zero-order valence-corrected chi connectivity index (χ0v) is 12.5. The van der Waals surface area contributed by atoms with Crippen molar-refractivity contribution >= 4 is 17.9 Å². The normalized spacial score (nSPS) is 13.9. The Labute approximate surface area is 124 Å². The Morgan fingerprint density at radius 1 is 1.19 bits per heavy atom. The standard InChI is InChI=1S/C13H23N3O5/c1-20-8-7-16(6-5-12(18)21-2)9-11(17)15-13(19)14-10-3-4-10/h10H,3-9H2,1-2H3,(H2,14,15,17,19). The van der Waals surface area contributed by atoms with Crippen LogP contribution in [0.2, 0.25) is 0 Å². The van der Waals surface area contributed by atoms with E-state index in [1.807, 2.05) is 0 Å². The first kappa shape index (κ1) is 17.4. The van der Waals surface area contributed by atoms with Gasteiger partial charge in [-0.3, -0.25) is 19.8 Å². The average Bonchev–Trinajstić information content (AvgIpc) is 3.24. The molecular weight excluding hydrogens is 278 g/mol. The highest BCUT2D eigenvalue weighted by Gasteiger charge is 2.24. The fraction of sp³-hybridized carbons (Fsp3) is 0.769. The molecule has 0 aliphatic heterocycles. The van der Waals surface area contributed by atoms with Crippen molar-refractivity contribution in [2.75, 3.05) is 40.5 Å². The van der Waals surface area contributed by atoms with Gasteiger partial charge in [0.15, 0.2) is 0 Å². The molecule has 1 aliphatic rings. The Hall–Kier alpha value is -1.67. The predicted octanol–water partition coefficient (Wildman–Crippen LogP) is -0.514. The van der Waals surface area contributed by atoms with Gasteiger partial charge in [0.05, 0.1) is 26.7 Å². The first-order valence-corrected chi connectivity index (χ1v) is 6.93. The lowest BCUT2D eigenvalue weighted by atomic mass is 10.3. The van der Waals surface area contributed by atoms with E-state index in [1.54, 1.807) is 12.0 Å². The molecule has 0 spiro atoms. The molecule has 8 nitrogen and oxygen atoms in total. The Kier molecular flexibility index (Phi) is 7.70. The maximum Gasteiger partial charge on any atom is 0.321 e. The highest BCUT2D eigenvalue weighted by Crippen LogP contribution is 2.18. The van der Waals surface area contributed by atoms with Crippen molar-refractivity contribution in [3.05, 3.63) is 0 Å². The summed E-state index contributed by atoms with van der Waals surface area (Å²) in [6, 6.07) is -0.274. The van der Waals surface area contributed by atoms with Crippen LogP contribution < -0.4 is 10.6 Å². The number of carbonyl (C=O) groups excluding carboxylic acids is 3. The summed E-state index contributed by atoms with van der Waals surface area (Å²) >= 11 is 0. The monoisotopic (exact) mass is 301 g/mol. The Morgan fingerprint density at radius 3 is 2.48 bits per heavy atom. The zero-order valence-electron chi connectivity index (χ0n) is 12.5. The van der Waals surface area contributed by atoms with E-state index in [-0.39, 0.29) is 25.0 Å². The SMILES string of the molecule is COCCN(CCC(=O)OC)CC(=O)NC(=O)NC1CC1. The van der Waals surface area contributed by atoms with Crippen LogP contribution in [0.1, 0.15) is 19.3 Å². The van der Waals surface area contributed by atoms with E-state index in [1.165, 1.54) is 7.11 Å². The minimum Gasteiger partial charge on any atom is -0.469 e. The first-order chi connectivity index (χ1) is 10.0. The van der Waals surface area contributed by atoms with E-state index in [4.69, 9.17) is 4.74 Å². The maximum absolute atomic E-state index is 11.8. The zero-order chi connectivity index (χ0) is 15.7. The predicted molar refractivity (Wildman–Crippen MR) is 74.6 cm³/mol. The molecule has 8 heteroatoms. The second kappa shape index (κ2) is 9.30. The molecule has 1 rings (SSSR count). The Morgan fingerprint density at radius 2 is 1.90 bits per heavy atom. The molecule has 0 aromatic heterocycles. The number of ether oxygens (including phenoxy) is 2. The lowest BCUT2D eigenvalue weighted by Gasteiger charge is -2.20. The number of urea groups is 1. The van der Waals surface area contributed by atoms with Gasteiger partial charge in [-0.25, -0.2) is 4.79 Å². The highest BCUT2D eigenvalue weighted by molar-refractivity contribution is 5.95. The molecule has 0 aromatic carbocycles. The molecular formula is C13H23N3O5. The number of rotatable bonds is 9. The van der Waals surface area contributed by atoms with Gasteiger partial charge in [-0.15, -0.1) is 0 Å². The summed E-state index contributed by atoms with van der Waals surface area (Å²) in [5.41, 5.74) is 0. The van der Waals surface area contributed by atoms with Crippen LogP contribution in [0.3, 0.4) is 0 Å². The fourth-order valence-corrected chi connectivity index (χ4v) is 1.66. The van der Waals surface area contributed by atoms with Gasteiger partial charge >= 0.3 is 12.0 Å². The summed E-state index contributed by atoms with van der Waals surface area (Å²) in [6.07, 6.45) is 2.10. The molecule has 0 unspecified atom stereocenters. The molecule has 0 atom stereocenters. The summed E-state index contributed by atoms with van der Waals surface area (Å²) in [5.74, 6) is -0.751. The van der Waals surface area contributed by atoms with E-state index < -0.39 is 11.9 Å². The van der Waals surface area contributed by atoms with Crippen LogP contribution in [0.15, 0.2) is 0 Å². The fourth-order valence-electron chi connectivity index (χ4n) is 1.66. The Balaban J connectivity index is 2.32. The number of nitrogens with one attached hydrogen (secondary N) is 2. The number of hydrogen-bond donors (Lipinski definition) is 2. The first-order valence-electron chi connectivity index (χ1n) is 6.93. The summed E-state index contributed by atoms with van der Waals surface area (Å²) in [7, 11) is 2.87. The van der Waals surface area contributed by atoms with Crippen LogP contribution in [-0.2, 0) is 19.1 Å². The smallest absolute Gasteiger partial charge is 0.321 e. The summed E-state index contributed by atoms with van der Waals surface area (Å²) in [4.78, 5) is 36.1. The highest BCUT2D eigenvalue weighted by atomic mass is 16.5. The molecule has 120 valence electrons. The number of hydrogen-bond acceptors (Lipinski definition) is 6. The van der Waals surface area contributed by atoms with Crippen molar-refractivity contribution in [3.8, 4) is 0 Å². The molecule has 2 N–H and O–H groups in total. The van der Waals surface area contributed by atoms with E-state index >= 15 is 0 Å². The summed E-state index contributed by atoms with van der Waals surface area (Å²) in [6.45, 7) is 1.32. The molecule has 1 saturated carbocycles. The second-order valence-electron chi connectivity index (χ2n) is 4.89. The maximum atomic E-state index is 11.8. The van der Waals surface area contributed by atoms with E-state index in [0.29, 0.717) is 19.7 Å². The minimum atomic E-state index is -0.470. The van der Waals surface area contributed by atoms with Crippen molar-refractivity contribution in [2.45, 2.75) is 25.3 Å². The molecule has 0 bridgehead atoms. The molecule has 0 saturated heterocycles. The van der Waals surface area contributed by atoms with Gasteiger partial charge in [-0.2, -0.15) is 0 Å². The molecule has 0 radical (unpaired) electrons. The van der Waals surface area contributed by atoms with Gasteiger partial charge in [0, 0.05) is 26.2 Å². The van der Waals surface area contributed by atoms with Gasteiger partial charge in [-0.05, 0) is 12.8 Å². The number of imide groups is 1. The van der Waals surface area contributed by atoms with Crippen LogP contribution in [0.5, 0.6) is 0 Å². The molecule has 3 amide bonds. The van der Waals surface area contributed by atoms with Gasteiger partial charge in [0.1, 0.15) is 0 Å². The summed E-state index contributed by atoms with van der Waals surface area (Å²) < 4.78 is 9.52. The molecule has 21 heavy (non-hydrogen) atoms. The van der Waals surface area contributed by atoms with Crippen molar-refractivity contribution in [1.29, 1.82) is 0 Å². The average molecular weight is 301 g/mol. The third-order valence-electron chi connectivity index (χ3n) is 3.00. The topological polar surface area (TPSA) is 97.0 Å². The van der Waals surface area contributed by atoms with Crippen LogP contribution in [-0.4, -0.2) is 69.3 Å². The largest absolute Gasteiger partial charge is 0.469 e. The molecule has 1 fully saturated rings. The van der Waals surface area contributed by atoms with Crippen molar-refractivity contribution in [2.24, 2.45) is 0 Å². The van der Waals surface area contributed by atoms with E-state index in [9.17, 15) is 14.4 Å². The lowest BCUT2D eigenvalue weighted by molar-refractivity contribution is -0.141. The van der Waals surface area contributed by atoms with Crippen molar-refractivity contribution in [3.63, 3.8) is 0 Å². The molecule has 1 aliphatic carbocycles. The van der Waals surface area contributed by atoms with Gasteiger partial charge in [-0.1, -0.05) is 0 Å². The second-order valence-corrected chi connectivity index (χ2v) is 4.89. The van der Waals surface area contributed by atoms with Crippen LogP contribution in [0.25, 0.3) is 0 Å². The minimum absolute atomic E-state index is 0.0262. The number of carbonyl (C=O) groups is 3. The van der Waals surface area contributed by atoms with Gasteiger partial charge < -0.3 is 14.8 Å². The van der Waals surface area contributed by atoms with E-state index in [2.05, 4.69) is 15.4 Å². The Bertz CT molecular complexity index is 371. The number of amides is 3. The van der Waals surface area contributed by atoms with Crippen molar-refractivity contribution < 1.29 is 23.9 Å². The molecule has 0 heterocycles. The third-order valence-corrected chi connectivity index (χ3v) is 3.00. The van der Waals surface area contributed by atoms with Crippen molar-refractivity contribution in [1.82, 2.24) is 15.5 Å². The van der Waals surface area contributed by atoms with Crippen LogP contribution in [0.4, 0.5) is 4.79 Å². The summed E-state index contributed by atoms with van der Waals surface area (Å²) in [5, 5.41) is 4.94. The third kappa shape index (κ3) is 8.26. The number of esters is 1. The lowest BCUT2D eigenvalue weighted by Crippen LogP contribution is -2.46. The number of methoxy groups -OCH3 is 2.